The summed E-state index contributed by atoms with van der Waals surface area (Å²) < 4.78 is 0. The number of rotatable bonds is 4. The van der Waals surface area contributed by atoms with Crippen molar-refractivity contribution < 1.29 is 14.7 Å². The highest BCUT2D eigenvalue weighted by atomic mass is 35.5. The number of benzene rings is 1. The molecule has 1 rings (SSSR count). The zero-order chi connectivity index (χ0) is 14.5. The normalized spacial score (nSPS) is 12.5. The smallest absolute Gasteiger partial charge is 0.374 e. The Bertz CT molecular complexity index is 599. The monoisotopic (exact) mass is 274 g/mol. The third kappa shape index (κ3) is 2.96. The first kappa shape index (κ1) is 14.8. The number of terminal acetylenes is 1. The fourth-order valence-electron chi connectivity index (χ4n) is 1.77. The van der Waals surface area contributed by atoms with Gasteiger partial charge in [0.15, 0.2) is 0 Å². The van der Waals surface area contributed by atoms with Crippen LogP contribution in [0.4, 0.5) is 0 Å². The van der Waals surface area contributed by atoms with Crippen LogP contribution in [0.5, 0.6) is 0 Å². The summed E-state index contributed by atoms with van der Waals surface area (Å²) in [5, 5.41) is 9.45. The van der Waals surface area contributed by atoms with Gasteiger partial charge in [0, 0.05) is 11.4 Å². The van der Waals surface area contributed by atoms with Crippen LogP contribution in [0.2, 0.25) is 5.02 Å². The van der Waals surface area contributed by atoms with Gasteiger partial charge in [-0.25, -0.2) is 4.79 Å². The lowest BCUT2D eigenvalue weighted by molar-refractivity contribution is -0.150. The van der Waals surface area contributed by atoms with Crippen LogP contribution >= 0.6 is 11.6 Å². The van der Waals surface area contributed by atoms with Crippen LogP contribution in [0.25, 0.3) is 0 Å². The van der Waals surface area contributed by atoms with Crippen LogP contribution in [0.3, 0.4) is 0 Å². The number of carboxylic acid groups (broad SMARTS) is 1. The van der Waals surface area contributed by atoms with Crippen LogP contribution < -0.4 is 0 Å². The molecule has 0 heterocycles. The molecule has 1 unspecified atom stereocenters. The highest BCUT2D eigenvalue weighted by molar-refractivity contribution is 6.37. The Morgan fingerprint density at radius 1 is 1.37 bits per heavy atom. The van der Waals surface area contributed by atoms with Crippen molar-refractivity contribution in [2.75, 3.05) is 0 Å². The van der Waals surface area contributed by atoms with Gasteiger partial charge >= 0.3 is 5.97 Å². The van der Waals surface area contributed by atoms with E-state index in [9.17, 15) is 9.59 Å². The van der Waals surface area contributed by atoms with Gasteiger partial charge in [0.05, 0.1) is 0 Å². The van der Waals surface area contributed by atoms with Crippen molar-refractivity contribution in [1.82, 2.24) is 0 Å². The molecule has 0 saturated carbocycles. The molecule has 0 aromatic heterocycles. The Balaban J connectivity index is 3.51. The predicted octanol–water partition coefficient (Wildman–Crippen LogP) is 2.28. The summed E-state index contributed by atoms with van der Waals surface area (Å²) in [6.07, 6.45) is 5.15. The molecule has 0 saturated heterocycles. The lowest BCUT2D eigenvalue weighted by Gasteiger charge is -2.23. The average molecular weight is 275 g/mol. The van der Waals surface area contributed by atoms with Crippen LogP contribution in [-0.4, -0.2) is 16.9 Å². The summed E-state index contributed by atoms with van der Waals surface area (Å²) in [6, 6.07) is 6.25. The third-order valence-electron chi connectivity index (χ3n) is 2.62. The summed E-state index contributed by atoms with van der Waals surface area (Å²) in [7, 11) is 0. The summed E-state index contributed by atoms with van der Waals surface area (Å²) in [4.78, 5) is 23.0. The SMILES string of the molecule is C#CCC(C#CC)(C(=O)C(=O)O)c1ccc(Cl)cc1. The van der Waals surface area contributed by atoms with E-state index in [1.807, 2.05) is 0 Å². The number of halogens is 1. The summed E-state index contributed by atoms with van der Waals surface area (Å²) in [5.74, 6) is 4.95. The molecule has 4 heteroatoms. The molecule has 1 N–H and O–H groups in total. The second-order valence-electron chi connectivity index (χ2n) is 3.80. The lowest BCUT2D eigenvalue weighted by Crippen LogP contribution is -2.39. The maximum Gasteiger partial charge on any atom is 0.374 e. The number of carboxylic acids is 1. The van der Waals surface area contributed by atoms with Gasteiger partial charge in [0.2, 0.25) is 0 Å². The number of aliphatic carboxylic acids is 1. The van der Waals surface area contributed by atoms with Crippen LogP contribution in [0.15, 0.2) is 24.3 Å². The van der Waals surface area contributed by atoms with Crippen molar-refractivity contribution in [2.45, 2.75) is 18.8 Å². The molecule has 0 spiro atoms. The van der Waals surface area contributed by atoms with Crippen molar-refractivity contribution in [1.29, 1.82) is 0 Å². The van der Waals surface area contributed by atoms with E-state index in [4.69, 9.17) is 23.1 Å². The molecule has 96 valence electrons. The third-order valence-corrected chi connectivity index (χ3v) is 2.88. The van der Waals surface area contributed by atoms with E-state index in [1.54, 1.807) is 24.3 Å². The highest BCUT2D eigenvalue weighted by Gasteiger charge is 2.42. The molecule has 0 fully saturated rings. The van der Waals surface area contributed by atoms with E-state index in [0.29, 0.717) is 10.6 Å². The quantitative estimate of drug-likeness (QED) is 0.677. The maximum absolute atomic E-state index is 12.0. The predicted molar refractivity (Wildman–Crippen MR) is 72.7 cm³/mol. The molecule has 0 amide bonds. The standard InChI is InChI=1S/C15H11ClO3/c1-3-9-15(10-4-2,13(17)14(18)19)11-5-7-12(16)8-6-11/h1,5-8H,9H2,2H3,(H,18,19). The van der Waals surface area contributed by atoms with E-state index in [0.717, 1.165) is 0 Å². The Labute approximate surface area is 116 Å². The lowest BCUT2D eigenvalue weighted by atomic mass is 9.74. The van der Waals surface area contributed by atoms with Gasteiger partial charge in [-0.2, -0.15) is 0 Å². The minimum Gasteiger partial charge on any atom is -0.475 e. The Morgan fingerprint density at radius 3 is 2.37 bits per heavy atom. The van der Waals surface area contributed by atoms with E-state index in [1.165, 1.54) is 6.92 Å². The number of ketones is 1. The first-order valence-electron chi connectivity index (χ1n) is 5.39. The summed E-state index contributed by atoms with van der Waals surface area (Å²) in [5.41, 5.74) is -1.10. The Kier molecular flexibility index (Phi) is 4.75. The van der Waals surface area contributed by atoms with Gasteiger partial charge in [-0.05, 0) is 24.6 Å². The zero-order valence-electron chi connectivity index (χ0n) is 10.2. The van der Waals surface area contributed by atoms with Gasteiger partial charge < -0.3 is 5.11 Å². The number of hydrogen-bond acceptors (Lipinski definition) is 2. The molecule has 0 aliphatic carbocycles. The molecule has 1 aromatic carbocycles. The van der Waals surface area contributed by atoms with Crippen molar-refractivity contribution in [3.05, 3.63) is 34.9 Å². The number of carbonyl (C=O) groups excluding carboxylic acids is 1. The first-order chi connectivity index (χ1) is 8.97. The van der Waals surface area contributed by atoms with Crippen molar-refractivity contribution in [3.8, 4) is 24.2 Å². The van der Waals surface area contributed by atoms with Crippen LogP contribution in [0.1, 0.15) is 18.9 Å². The van der Waals surface area contributed by atoms with E-state index in [-0.39, 0.29) is 6.42 Å². The fraction of sp³-hybridized carbons (Fsp3) is 0.200. The minimum absolute atomic E-state index is 0.111. The number of carbonyl (C=O) groups is 2. The van der Waals surface area contributed by atoms with Gasteiger partial charge in [0.25, 0.3) is 5.78 Å². The summed E-state index contributed by atoms with van der Waals surface area (Å²) in [6.45, 7) is 1.52. The number of Topliss-reactive ketones (excluding diaryl/α,β-unsaturated/α-hetero) is 1. The first-order valence-corrected chi connectivity index (χ1v) is 5.77. The Hall–Kier alpha value is -2.23. The molecular weight excluding hydrogens is 264 g/mol. The van der Waals surface area contributed by atoms with E-state index >= 15 is 0 Å². The summed E-state index contributed by atoms with van der Waals surface area (Å²) >= 11 is 5.78. The largest absolute Gasteiger partial charge is 0.475 e. The van der Waals surface area contributed by atoms with Gasteiger partial charge in [0.1, 0.15) is 5.41 Å². The zero-order valence-corrected chi connectivity index (χ0v) is 11.0. The minimum atomic E-state index is -1.56. The molecule has 3 nitrogen and oxygen atoms in total. The molecule has 0 bridgehead atoms. The second kappa shape index (κ2) is 6.09. The van der Waals surface area contributed by atoms with Gasteiger partial charge in [-0.1, -0.05) is 29.7 Å². The van der Waals surface area contributed by atoms with Crippen molar-refractivity contribution in [2.24, 2.45) is 0 Å². The molecule has 0 radical (unpaired) electrons. The molecule has 1 aromatic rings. The van der Waals surface area contributed by atoms with Crippen LogP contribution in [-0.2, 0) is 15.0 Å². The molecule has 0 aliphatic heterocycles. The van der Waals surface area contributed by atoms with Crippen LogP contribution in [0, 0.1) is 24.2 Å². The molecule has 1 atom stereocenters. The Morgan fingerprint density at radius 2 is 1.95 bits per heavy atom. The van der Waals surface area contributed by atoms with Gasteiger partial charge in [-0.3, -0.25) is 4.79 Å². The van der Waals surface area contributed by atoms with E-state index < -0.39 is 17.2 Å². The highest BCUT2D eigenvalue weighted by Crippen LogP contribution is 2.30. The number of hydrogen-bond donors (Lipinski definition) is 1. The van der Waals surface area contributed by atoms with Crippen molar-refractivity contribution >= 4 is 23.4 Å². The topological polar surface area (TPSA) is 54.4 Å². The molecule has 19 heavy (non-hydrogen) atoms. The average Bonchev–Trinajstić information content (AvgIpc) is 2.38. The molecule has 0 aliphatic rings. The second-order valence-corrected chi connectivity index (χ2v) is 4.24. The molecular formula is C15H11ClO3. The van der Waals surface area contributed by atoms with E-state index in [2.05, 4.69) is 17.8 Å². The fourth-order valence-corrected chi connectivity index (χ4v) is 1.90. The van der Waals surface area contributed by atoms with Crippen molar-refractivity contribution in [3.63, 3.8) is 0 Å². The maximum atomic E-state index is 12.0. The van der Waals surface area contributed by atoms with Gasteiger partial charge in [-0.15, -0.1) is 18.3 Å².